The van der Waals surface area contributed by atoms with Crippen LogP contribution in [0.4, 0.5) is 13.2 Å². The lowest BCUT2D eigenvalue weighted by molar-refractivity contribution is -0.136. The summed E-state index contributed by atoms with van der Waals surface area (Å²) in [4.78, 5) is 15.5. The van der Waals surface area contributed by atoms with Crippen molar-refractivity contribution in [3.63, 3.8) is 0 Å². The number of rotatable bonds is 4. The number of aromatic carboxylic acids is 1. The number of aromatic nitrogens is 1. The van der Waals surface area contributed by atoms with Crippen LogP contribution in [-0.2, 0) is 12.6 Å². The van der Waals surface area contributed by atoms with Crippen LogP contribution < -0.4 is 0 Å². The van der Waals surface area contributed by atoms with E-state index in [-0.39, 0.29) is 11.1 Å². The van der Waals surface area contributed by atoms with Crippen LogP contribution in [-0.4, -0.2) is 16.1 Å². The normalized spacial score (nSPS) is 11.2. The summed E-state index contributed by atoms with van der Waals surface area (Å²) >= 11 is 0. The number of nitrogens with zero attached hydrogens (tertiary/aromatic N) is 1. The van der Waals surface area contributed by atoms with Gasteiger partial charge < -0.3 is 5.11 Å². The van der Waals surface area contributed by atoms with Crippen molar-refractivity contribution in [2.24, 2.45) is 0 Å². The lowest BCUT2D eigenvalue weighted by Gasteiger charge is -2.16. The number of aryl methyl sites for hydroxylation is 1. The van der Waals surface area contributed by atoms with Gasteiger partial charge in [-0.2, -0.15) is 13.2 Å². The minimum atomic E-state index is -4.54. The molecule has 0 fully saturated rings. The second kappa shape index (κ2) is 10.5. The lowest BCUT2D eigenvalue weighted by atomic mass is 9.91. The third-order valence-corrected chi connectivity index (χ3v) is 6.48. The second-order valence-electron chi connectivity index (χ2n) is 9.19. The summed E-state index contributed by atoms with van der Waals surface area (Å²) in [7, 11) is 0. The van der Waals surface area contributed by atoms with Crippen LogP contribution in [0.3, 0.4) is 0 Å². The third-order valence-electron chi connectivity index (χ3n) is 6.48. The molecule has 39 heavy (non-hydrogen) atoms. The summed E-state index contributed by atoms with van der Waals surface area (Å²) in [5, 5.41) is 9.62. The average Bonchev–Trinajstić information content (AvgIpc) is 2.92. The van der Waals surface area contributed by atoms with Gasteiger partial charge in [-0.3, -0.25) is 4.98 Å². The molecule has 3 nitrogen and oxygen atoms in total. The largest absolute Gasteiger partial charge is 0.478 e. The fourth-order valence-corrected chi connectivity index (χ4v) is 4.61. The Labute approximate surface area is 223 Å². The van der Waals surface area contributed by atoms with E-state index in [0.717, 1.165) is 28.3 Å². The van der Waals surface area contributed by atoms with Gasteiger partial charge in [-0.05, 0) is 77.6 Å². The highest BCUT2D eigenvalue weighted by molar-refractivity contribution is 5.98. The van der Waals surface area contributed by atoms with Gasteiger partial charge in [0.15, 0.2) is 0 Å². The van der Waals surface area contributed by atoms with Gasteiger partial charge >= 0.3 is 12.1 Å². The molecule has 0 saturated heterocycles. The minimum absolute atomic E-state index is 0.0950. The number of pyridine rings is 1. The number of alkyl halides is 3. The molecule has 0 unspecified atom stereocenters. The summed E-state index contributed by atoms with van der Waals surface area (Å²) in [6.45, 7) is 1.80. The maximum absolute atomic E-state index is 13.8. The molecule has 5 rings (SSSR count). The highest BCUT2D eigenvalue weighted by Crippen LogP contribution is 2.39. The molecule has 0 bridgehead atoms. The first-order valence-electron chi connectivity index (χ1n) is 12.2. The summed E-state index contributed by atoms with van der Waals surface area (Å²) < 4.78 is 41.5. The number of carboxylic acid groups (broad SMARTS) is 1. The number of carboxylic acids is 1. The topological polar surface area (TPSA) is 50.2 Å². The molecule has 4 aromatic carbocycles. The van der Waals surface area contributed by atoms with Crippen molar-refractivity contribution >= 4 is 16.9 Å². The summed E-state index contributed by atoms with van der Waals surface area (Å²) in [5.41, 5.74) is 4.67. The van der Waals surface area contributed by atoms with E-state index in [0.29, 0.717) is 28.5 Å². The Hall–Kier alpha value is -4.89. The van der Waals surface area contributed by atoms with Gasteiger partial charge in [-0.15, -0.1) is 0 Å². The standard InChI is InChI=1S/C33H22F3NO2/c1-21-17-26(32(38)39)16-15-24(21)14-13-23-9-5-10-25(18-23)30-27(19-22-7-3-2-4-8-22)20-37-31-28(30)11-6-12-29(31)33(34,35)36/h2-12,15-18,20H,19H2,1H3,(H,38,39). The number of para-hydroxylation sites is 1. The van der Waals surface area contributed by atoms with Crippen molar-refractivity contribution in [1.82, 2.24) is 4.98 Å². The van der Waals surface area contributed by atoms with E-state index in [1.54, 1.807) is 25.1 Å². The van der Waals surface area contributed by atoms with Gasteiger partial charge in [-0.1, -0.05) is 66.4 Å². The number of fused-ring (bicyclic) bond motifs is 1. The zero-order chi connectivity index (χ0) is 27.6. The van der Waals surface area contributed by atoms with Crippen molar-refractivity contribution in [1.29, 1.82) is 0 Å². The van der Waals surface area contributed by atoms with E-state index in [1.807, 2.05) is 54.6 Å². The molecule has 5 aromatic rings. The predicted molar refractivity (Wildman–Crippen MR) is 146 cm³/mol. The number of halogens is 3. The van der Waals surface area contributed by atoms with Crippen LogP contribution in [0.15, 0.2) is 97.2 Å². The Morgan fingerprint density at radius 2 is 1.67 bits per heavy atom. The molecule has 0 spiro atoms. The van der Waals surface area contributed by atoms with E-state index < -0.39 is 17.7 Å². The van der Waals surface area contributed by atoms with Gasteiger partial charge in [0.2, 0.25) is 0 Å². The number of hydrogen-bond acceptors (Lipinski definition) is 2. The molecule has 0 saturated carbocycles. The number of benzene rings is 4. The van der Waals surface area contributed by atoms with Gasteiger partial charge in [0.25, 0.3) is 0 Å². The van der Waals surface area contributed by atoms with Crippen molar-refractivity contribution < 1.29 is 23.1 Å². The molecule has 1 aromatic heterocycles. The van der Waals surface area contributed by atoms with Crippen LogP contribution >= 0.6 is 0 Å². The van der Waals surface area contributed by atoms with Crippen LogP contribution in [0.2, 0.25) is 0 Å². The first-order valence-corrected chi connectivity index (χ1v) is 12.2. The fourth-order valence-electron chi connectivity index (χ4n) is 4.61. The fraction of sp³-hybridized carbons (Fsp3) is 0.0909. The van der Waals surface area contributed by atoms with Crippen molar-refractivity contribution in [2.45, 2.75) is 19.5 Å². The highest BCUT2D eigenvalue weighted by Gasteiger charge is 2.33. The third kappa shape index (κ3) is 5.53. The Morgan fingerprint density at radius 1 is 0.897 bits per heavy atom. The molecule has 0 aliphatic carbocycles. The van der Waals surface area contributed by atoms with Crippen molar-refractivity contribution in [3.8, 4) is 23.0 Å². The van der Waals surface area contributed by atoms with Gasteiger partial charge in [0.05, 0.1) is 16.6 Å². The second-order valence-corrected chi connectivity index (χ2v) is 9.19. The Bertz CT molecular complexity index is 1760. The molecule has 192 valence electrons. The minimum Gasteiger partial charge on any atom is -0.478 e. The van der Waals surface area contributed by atoms with Crippen molar-refractivity contribution in [2.75, 3.05) is 0 Å². The number of hydrogen-bond donors (Lipinski definition) is 1. The Balaban J connectivity index is 1.64. The van der Waals surface area contributed by atoms with E-state index in [1.165, 1.54) is 18.3 Å². The molecule has 1 heterocycles. The van der Waals surface area contributed by atoms with Gasteiger partial charge in [0.1, 0.15) is 0 Å². The maximum Gasteiger partial charge on any atom is 0.418 e. The molecule has 0 aliphatic heterocycles. The SMILES string of the molecule is Cc1cc(C(=O)O)ccc1C#Cc1cccc(-c2c(Cc3ccccc3)cnc3c(C(F)(F)F)cccc23)c1. The quantitative estimate of drug-likeness (QED) is 0.245. The van der Waals surface area contributed by atoms with E-state index >= 15 is 0 Å². The van der Waals surface area contributed by atoms with Gasteiger partial charge in [0, 0.05) is 22.7 Å². The van der Waals surface area contributed by atoms with Crippen LogP contribution in [0.5, 0.6) is 0 Å². The molecule has 6 heteroatoms. The molecular formula is C33H22F3NO2. The van der Waals surface area contributed by atoms with Crippen molar-refractivity contribution in [3.05, 3.63) is 136 Å². The first kappa shape index (κ1) is 25.7. The number of carbonyl (C=O) groups is 1. The monoisotopic (exact) mass is 521 g/mol. The van der Waals surface area contributed by atoms with E-state index in [9.17, 15) is 23.1 Å². The molecule has 0 radical (unpaired) electrons. The predicted octanol–water partition coefficient (Wildman–Crippen LogP) is 7.92. The zero-order valence-corrected chi connectivity index (χ0v) is 20.9. The molecule has 0 amide bonds. The average molecular weight is 522 g/mol. The lowest BCUT2D eigenvalue weighted by Crippen LogP contribution is -2.07. The zero-order valence-electron chi connectivity index (χ0n) is 20.9. The smallest absolute Gasteiger partial charge is 0.418 e. The molecule has 0 aliphatic rings. The molecule has 1 N–H and O–H groups in total. The summed E-state index contributed by atoms with van der Waals surface area (Å²) in [6.07, 6.45) is -2.50. The Kier molecular flexibility index (Phi) is 6.91. The highest BCUT2D eigenvalue weighted by atomic mass is 19.4. The summed E-state index contributed by atoms with van der Waals surface area (Å²) in [5.74, 6) is 5.21. The molecule has 0 atom stereocenters. The van der Waals surface area contributed by atoms with Crippen LogP contribution in [0, 0.1) is 18.8 Å². The van der Waals surface area contributed by atoms with Gasteiger partial charge in [-0.25, -0.2) is 4.79 Å². The van der Waals surface area contributed by atoms with Crippen LogP contribution in [0.25, 0.3) is 22.0 Å². The maximum atomic E-state index is 13.8. The van der Waals surface area contributed by atoms with E-state index in [2.05, 4.69) is 16.8 Å². The van der Waals surface area contributed by atoms with E-state index in [4.69, 9.17) is 0 Å². The Morgan fingerprint density at radius 3 is 2.38 bits per heavy atom. The first-order chi connectivity index (χ1) is 18.7. The summed E-state index contributed by atoms with van der Waals surface area (Å²) in [6, 6.07) is 26.0. The molecular weight excluding hydrogens is 499 g/mol. The van der Waals surface area contributed by atoms with Crippen LogP contribution in [0.1, 0.15) is 43.7 Å².